The van der Waals surface area contributed by atoms with Gasteiger partial charge in [0, 0.05) is 13.6 Å². The summed E-state index contributed by atoms with van der Waals surface area (Å²) in [6.07, 6.45) is 3.66. The van der Waals surface area contributed by atoms with Crippen LogP contribution in [0.3, 0.4) is 0 Å². The zero-order valence-electron chi connectivity index (χ0n) is 12.3. The molecular formula is C16H23NO3. The topological polar surface area (TPSA) is 49.8 Å². The van der Waals surface area contributed by atoms with Gasteiger partial charge in [0.05, 0.1) is 6.10 Å². The van der Waals surface area contributed by atoms with Gasteiger partial charge in [-0.2, -0.15) is 0 Å². The molecule has 0 bridgehead atoms. The van der Waals surface area contributed by atoms with E-state index in [-0.39, 0.29) is 18.6 Å². The maximum absolute atomic E-state index is 11.9. The van der Waals surface area contributed by atoms with Gasteiger partial charge in [-0.15, -0.1) is 0 Å². The molecule has 1 aromatic rings. The molecule has 0 heterocycles. The summed E-state index contributed by atoms with van der Waals surface area (Å²) in [7, 11) is 1.73. The number of likely N-dealkylation sites (N-methyl/N-ethyl adjacent to an activating group) is 1. The lowest BCUT2D eigenvalue weighted by atomic mass is 10.1. The molecule has 0 saturated carbocycles. The van der Waals surface area contributed by atoms with Crippen LogP contribution in [-0.4, -0.2) is 42.2 Å². The van der Waals surface area contributed by atoms with Crippen LogP contribution in [0, 0.1) is 0 Å². The Hall–Kier alpha value is -1.55. The molecular weight excluding hydrogens is 254 g/mol. The normalized spacial score (nSPS) is 14.8. The van der Waals surface area contributed by atoms with Gasteiger partial charge in [-0.3, -0.25) is 4.79 Å². The summed E-state index contributed by atoms with van der Waals surface area (Å²) in [5, 5.41) is 9.21. The van der Waals surface area contributed by atoms with E-state index in [9.17, 15) is 9.90 Å². The maximum Gasteiger partial charge on any atom is 0.260 e. The third-order valence-electron chi connectivity index (χ3n) is 3.74. The van der Waals surface area contributed by atoms with Crippen LogP contribution in [0.25, 0.3) is 0 Å². The lowest BCUT2D eigenvalue weighted by Gasteiger charge is -2.18. The lowest BCUT2D eigenvalue weighted by molar-refractivity contribution is -0.132. The first kappa shape index (κ1) is 14.9. The quantitative estimate of drug-likeness (QED) is 0.862. The van der Waals surface area contributed by atoms with Gasteiger partial charge in [-0.1, -0.05) is 6.07 Å². The number of ether oxygens (including phenoxy) is 1. The van der Waals surface area contributed by atoms with Crippen molar-refractivity contribution >= 4 is 5.91 Å². The molecule has 1 amide bonds. The average molecular weight is 277 g/mol. The molecule has 1 aliphatic carbocycles. The molecule has 0 fully saturated rings. The first-order valence-electron chi connectivity index (χ1n) is 7.23. The van der Waals surface area contributed by atoms with Crippen LogP contribution in [0.15, 0.2) is 18.2 Å². The molecule has 1 N–H and O–H groups in total. The first-order valence-corrected chi connectivity index (χ1v) is 7.23. The van der Waals surface area contributed by atoms with Gasteiger partial charge in [0.2, 0.25) is 0 Å². The number of benzene rings is 1. The Balaban J connectivity index is 1.81. The van der Waals surface area contributed by atoms with E-state index in [2.05, 4.69) is 6.07 Å². The van der Waals surface area contributed by atoms with Crippen molar-refractivity contribution in [3.05, 3.63) is 29.3 Å². The number of aliphatic hydroxyl groups excluding tert-OH is 1. The molecule has 0 aromatic heterocycles. The zero-order valence-corrected chi connectivity index (χ0v) is 12.3. The van der Waals surface area contributed by atoms with Gasteiger partial charge in [0.15, 0.2) is 6.61 Å². The van der Waals surface area contributed by atoms with E-state index in [1.807, 2.05) is 12.1 Å². The second kappa shape index (κ2) is 6.75. The third kappa shape index (κ3) is 3.97. The van der Waals surface area contributed by atoms with Gasteiger partial charge in [0.25, 0.3) is 5.91 Å². The lowest BCUT2D eigenvalue weighted by Crippen LogP contribution is -2.33. The molecule has 1 atom stereocenters. The number of nitrogens with zero attached hydrogens (tertiary/aromatic N) is 1. The standard InChI is InChI=1S/C16H23NO3/c1-12(18)8-9-17(2)16(19)11-20-15-7-6-13-4-3-5-14(13)10-15/h6-7,10,12,18H,3-5,8-9,11H2,1-2H3. The number of fused-ring (bicyclic) bond motifs is 1. The Morgan fingerprint density at radius 1 is 1.40 bits per heavy atom. The molecule has 1 aliphatic rings. The molecule has 0 saturated heterocycles. The molecule has 4 heteroatoms. The summed E-state index contributed by atoms with van der Waals surface area (Å²) in [5.74, 6) is 0.703. The Labute approximate surface area is 120 Å². The fourth-order valence-corrected chi connectivity index (χ4v) is 2.40. The van der Waals surface area contributed by atoms with Gasteiger partial charge in [-0.25, -0.2) is 0 Å². The van der Waals surface area contributed by atoms with Crippen LogP contribution in [0.4, 0.5) is 0 Å². The van der Waals surface area contributed by atoms with E-state index in [1.165, 1.54) is 17.5 Å². The number of hydrogen-bond donors (Lipinski definition) is 1. The number of rotatable bonds is 6. The van der Waals surface area contributed by atoms with Crippen molar-refractivity contribution in [2.24, 2.45) is 0 Å². The van der Waals surface area contributed by atoms with Crippen molar-refractivity contribution < 1.29 is 14.6 Å². The fraction of sp³-hybridized carbons (Fsp3) is 0.562. The number of aryl methyl sites for hydroxylation is 2. The molecule has 110 valence electrons. The number of carbonyl (C=O) groups is 1. The molecule has 0 radical (unpaired) electrons. The summed E-state index contributed by atoms with van der Waals surface area (Å²) in [5.41, 5.74) is 2.75. The largest absolute Gasteiger partial charge is 0.484 e. The average Bonchev–Trinajstić information content (AvgIpc) is 2.89. The predicted octanol–water partition coefficient (Wildman–Crippen LogP) is 1.78. The van der Waals surface area contributed by atoms with Crippen LogP contribution in [0.1, 0.15) is 30.9 Å². The van der Waals surface area contributed by atoms with Gasteiger partial charge >= 0.3 is 0 Å². The van der Waals surface area contributed by atoms with Crippen LogP contribution < -0.4 is 4.74 Å². The molecule has 20 heavy (non-hydrogen) atoms. The van der Waals surface area contributed by atoms with Crippen LogP contribution >= 0.6 is 0 Å². The van der Waals surface area contributed by atoms with E-state index in [1.54, 1.807) is 18.9 Å². The van der Waals surface area contributed by atoms with Crippen LogP contribution in [-0.2, 0) is 17.6 Å². The van der Waals surface area contributed by atoms with Crippen molar-refractivity contribution in [3.8, 4) is 5.75 Å². The predicted molar refractivity (Wildman–Crippen MR) is 77.9 cm³/mol. The van der Waals surface area contributed by atoms with E-state index in [0.29, 0.717) is 13.0 Å². The number of carbonyl (C=O) groups excluding carboxylic acids is 1. The van der Waals surface area contributed by atoms with E-state index >= 15 is 0 Å². The Morgan fingerprint density at radius 3 is 2.90 bits per heavy atom. The SMILES string of the molecule is CC(O)CCN(C)C(=O)COc1ccc2c(c1)CCC2. The Kier molecular flexibility index (Phi) is 5.01. The van der Waals surface area contributed by atoms with Crippen molar-refractivity contribution in [2.45, 2.75) is 38.7 Å². The summed E-state index contributed by atoms with van der Waals surface area (Å²) in [6, 6.07) is 6.08. The maximum atomic E-state index is 11.9. The second-order valence-electron chi connectivity index (χ2n) is 5.53. The number of amides is 1. The molecule has 0 aliphatic heterocycles. The minimum atomic E-state index is -0.386. The highest BCUT2D eigenvalue weighted by Crippen LogP contribution is 2.25. The molecule has 1 unspecified atom stereocenters. The van der Waals surface area contributed by atoms with Crippen molar-refractivity contribution in [2.75, 3.05) is 20.2 Å². The second-order valence-corrected chi connectivity index (χ2v) is 5.53. The Morgan fingerprint density at radius 2 is 2.15 bits per heavy atom. The molecule has 4 nitrogen and oxygen atoms in total. The summed E-state index contributed by atoms with van der Waals surface area (Å²) in [6.45, 7) is 2.32. The smallest absolute Gasteiger partial charge is 0.260 e. The minimum Gasteiger partial charge on any atom is -0.484 e. The van der Waals surface area contributed by atoms with Crippen molar-refractivity contribution in [3.63, 3.8) is 0 Å². The van der Waals surface area contributed by atoms with Gasteiger partial charge < -0.3 is 14.7 Å². The summed E-state index contributed by atoms with van der Waals surface area (Å²) < 4.78 is 5.57. The highest BCUT2D eigenvalue weighted by molar-refractivity contribution is 5.77. The third-order valence-corrected chi connectivity index (χ3v) is 3.74. The first-order chi connectivity index (χ1) is 9.56. The minimum absolute atomic E-state index is 0.0507. The zero-order chi connectivity index (χ0) is 14.5. The van der Waals surface area contributed by atoms with Crippen LogP contribution in [0.5, 0.6) is 5.75 Å². The van der Waals surface area contributed by atoms with Gasteiger partial charge in [-0.05, 0) is 55.9 Å². The van der Waals surface area contributed by atoms with Gasteiger partial charge in [0.1, 0.15) is 5.75 Å². The van der Waals surface area contributed by atoms with Crippen LogP contribution in [0.2, 0.25) is 0 Å². The van der Waals surface area contributed by atoms with Crippen molar-refractivity contribution in [1.82, 2.24) is 4.90 Å². The highest BCUT2D eigenvalue weighted by Gasteiger charge is 2.13. The number of aliphatic hydroxyl groups is 1. The molecule has 2 rings (SSSR count). The van der Waals surface area contributed by atoms with E-state index in [0.717, 1.165) is 18.6 Å². The fourth-order valence-electron chi connectivity index (χ4n) is 2.40. The number of hydrogen-bond acceptors (Lipinski definition) is 3. The van der Waals surface area contributed by atoms with Crippen molar-refractivity contribution in [1.29, 1.82) is 0 Å². The Bertz CT molecular complexity index is 471. The molecule has 0 spiro atoms. The monoisotopic (exact) mass is 277 g/mol. The van der Waals surface area contributed by atoms with E-state index < -0.39 is 0 Å². The summed E-state index contributed by atoms with van der Waals surface area (Å²) in [4.78, 5) is 13.5. The van der Waals surface area contributed by atoms with E-state index in [4.69, 9.17) is 4.74 Å². The molecule has 1 aromatic carbocycles. The highest BCUT2D eigenvalue weighted by atomic mass is 16.5. The summed E-state index contributed by atoms with van der Waals surface area (Å²) >= 11 is 0.